The lowest BCUT2D eigenvalue weighted by molar-refractivity contribution is 0.111. The number of rotatable bonds is 5. The van der Waals surface area contributed by atoms with Crippen LogP contribution in [0.4, 0.5) is 0 Å². The second-order valence-corrected chi connectivity index (χ2v) is 5.62. The summed E-state index contributed by atoms with van der Waals surface area (Å²) in [6.07, 6.45) is 1.79. The molecule has 1 aliphatic heterocycles. The molecule has 0 fully saturated rings. The SMILES string of the molecule is CCc1ccc(COc2cc3c(cc2C=O)OCO3)s1. The van der Waals surface area contributed by atoms with Gasteiger partial charge in [-0.1, -0.05) is 6.92 Å². The Hall–Kier alpha value is -2.01. The standard InChI is InChI=1S/C15H14O4S/c1-2-11-3-4-12(20-11)8-17-13-6-15-14(18-9-19-15)5-10(13)7-16/h3-7H,2,8-9H2,1H3. The molecular weight excluding hydrogens is 276 g/mol. The van der Waals surface area contributed by atoms with E-state index >= 15 is 0 Å². The van der Waals surface area contributed by atoms with Crippen LogP contribution in [0.3, 0.4) is 0 Å². The molecule has 0 saturated carbocycles. The maximum absolute atomic E-state index is 11.1. The molecule has 0 amide bonds. The lowest BCUT2D eigenvalue weighted by Crippen LogP contribution is -1.96. The van der Waals surface area contributed by atoms with E-state index in [1.165, 1.54) is 4.88 Å². The molecule has 0 spiro atoms. The van der Waals surface area contributed by atoms with Gasteiger partial charge in [0.05, 0.1) is 5.56 Å². The van der Waals surface area contributed by atoms with Crippen molar-refractivity contribution in [2.45, 2.75) is 20.0 Å². The van der Waals surface area contributed by atoms with E-state index in [4.69, 9.17) is 14.2 Å². The third kappa shape index (κ3) is 2.49. The van der Waals surface area contributed by atoms with Crippen LogP contribution in [0.1, 0.15) is 27.0 Å². The van der Waals surface area contributed by atoms with Gasteiger partial charge in [0.1, 0.15) is 12.4 Å². The average molecular weight is 290 g/mol. The topological polar surface area (TPSA) is 44.8 Å². The Labute approximate surface area is 120 Å². The van der Waals surface area contributed by atoms with Crippen LogP contribution in [0, 0.1) is 0 Å². The van der Waals surface area contributed by atoms with E-state index in [9.17, 15) is 4.79 Å². The highest BCUT2D eigenvalue weighted by Crippen LogP contribution is 2.37. The second-order valence-electron chi connectivity index (χ2n) is 4.37. The molecule has 0 atom stereocenters. The highest BCUT2D eigenvalue weighted by Gasteiger charge is 2.18. The Kier molecular flexibility index (Phi) is 3.60. The maximum Gasteiger partial charge on any atom is 0.231 e. The van der Waals surface area contributed by atoms with Gasteiger partial charge in [-0.3, -0.25) is 4.79 Å². The highest BCUT2D eigenvalue weighted by molar-refractivity contribution is 7.11. The van der Waals surface area contributed by atoms with Gasteiger partial charge in [0, 0.05) is 15.8 Å². The van der Waals surface area contributed by atoms with Crippen molar-refractivity contribution in [3.05, 3.63) is 39.6 Å². The van der Waals surface area contributed by atoms with Gasteiger partial charge in [-0.05, 0) is 24.6 Å². The van der Waals surface area contributed by atoms with Gasteiger partial charge >= 0.3 is 0 Å². The molecule has 5 heteroatoms. The van der Waals surface area contributed by atoms with Crippen LogP contribution in [0.2, 0.25) is 0 Å². The molecule has 0 aliphatic carbocycles. The van der Waals surface area contributed by atoms with Gasteiger partial charge in [-0.15, -0.1) is 11.3 Å². The summed E-state index contributed by atoms with van der Waals surface area (Å²) in [6, 6.07) is 7.51. The first-order valence-corrected chi connectivity index (χ1v) is 7.21. The van der Waals surface area contributed by atoms with Gasteiger partial charge in [0.25, 0.3) is 0 Å². The minimum absolute atomic E-state index is 0.182. The van der Waals surface area contributed by atoms with Crippen LogP contribution in [-0.4, -0.2) is 13.1 Å². The van der Waals surface area contributed by atoms with Crippen molar-refractivity contribution in [1.82, 2.24) is 0 Å². The van der Waals surface area contributed by atoms with E-state index in [0.717, 1.165) is 17.6 Å². The van der Waals surface area contributed by atoms with E-state index in [2.05, 4.69) is 19.1 Å². The molecule has 104 valence electrons. The number of hydrogen-bond donors (Lipinski definition) is 0. The van der Waals surface area contributed by atoms with E-state index in [0.29, 0.717) is 29.4 Å². The van der Waals surface area contributed by atoms with Crippen molar-refractivity contribution in [2.24, 2.45) is 0 Å². The van der Waals surface area contributed by atoms with Crippen LogP contribution in [0.15, 0.2) is 24.3 Å². The zero-order valence-electron chi connectivity index (χ0n) is 11.0. The summed E-state index contributed by atoms with van der Waals surface area (Å²) < 4.78 is 16.3. The summed E-state index contributed by atoms with van der Waals surface area (Å²) in [4.78, 5) is 13.6. The molecule has 20 heavy (non-hydrogen) atoms. The zero-order valence-corrected chi connectivity index (χ0v) is 11.9. The molecule has 0 radical (unpaired) electrons. The number of benzene rings is 1. The Balaban J connectivity index is 1.78. The highest BCUT2D eigenvalue weighted by atomic mass is 32.1. The summed E-state index contributed by atoms with van der Waals surface area (Å²) in [5, 5.41) is 0. The monoisotopic (exact) mass is 290 g/mol. The van der Waals surface area contributed by atoms with Crippen molar-refractivity contribution in [1.29, 1.82) is 0 Å². The van der Waals surface area contributed by atoms with Gasteiger partial charge in [-0.25, -0.2) is 0 Å². The van der Waals surface area contributed by atoms with Gasteiger partial charge < -0.3 is 14.2 Å². The van der Waals surface area contributed by atoms with Crippen LogP contribution < -0.4 is 14.2 Å². The van der Waals surface area contributed by atoms with E-state index < -0.39 is 0 Å². The Morgan fingerprint density at radius 3 is 2.70 bits per heavy atom. The van der Waals surface area contributed by atoms with E-state index in [1.54, 1.807) is 23.5 Å². The number of ether oxygens (including phenoxy) is 3. The number of carbonyl (C=O) groups excluding carboxylic acids is 1. The quantitative estimate of drug-likeness (QED) is 0.791. The van der Waals surface area contributed by atoms with Crippen LogP contribution >= 0.6 is 11.3 Å². The van der Waals surface area contributed by atoms with Crippen molar-refractivity contribution in [2.75, 3.05) is 6.79 Å². The number of carbonyl (C=O) groups is 1. The van der Waals surface area contributed by atoms with Crippen LogP contribution in [0.25, 0.3) is 0 Å². The van der Waals surface area contributed by atoms with E-state index in [-0.39, 0.29) is 6.79 Å². The molecule has 2 aromatic rings. The Bertz CT molecular complexity index is 633. The summed E-state index contributed by atoms with van der Waals surface area (Å²) in [5.41, 5.74) is 0.474. The van der Waals surface area contributed by atoms with Crippen LogP contribution in [0.5, 0.6) is 17.2 Å². The first-order chi connectivity index (χ1) is 9.80. The maximum atomic E-state index is 11.1. The molecule has 3 rings (SSSR count). The summed E-state index contributed by atoms with van der Waals surface area (Å²) >= 11 is 1.72. The number of hydrogen-bond acceptors (Lipinski definition) is 5. The second kappa shape index (κ2) is 5.54. The first-order valence-electron chi connectivity index (χ1n) is 6.39. The van der Waals surface area contributed by atoms with Crippen molar-refractivity contribution >= 4 is 17.6 Å². The Morgan fingerprint density at radius 1 is 1.25 bits per heavy atom. The first kappa shape index (κ1) is 13.0. The number of fused-ring (bicyclic) bond motifs is 1. The van der Waals surface area contributed by atoms with Gasteiger partial charge in [0.15, 0.2) is 17.8 Å². The van der Waals surface area contributed by atoms with Crippen molar-refractivity contribution in [3.63, 3.8) is 0 Å². The molecule has 1 aromatic heterocycles. The molecule has 4 nitrogen and oxygen atoms in total. The molecule has 0 N–H and O–H groups in total. The van der Waals surface area contributed by atoms with Crippen molar-refractivity contribution < 1.29 is 19.0 Å². The normalized spacial score (nSPS) is 12.4. The molecule has 1 aliphatic rings. The third-order valence-electron chi connectivity index (χ3n) is 3.07. The molecule has 0 bridgehead atoms. The fourth-order valence-corrected chi connectivity index (χ4v) is 2.87. The Morgan fingerprint density at radius 2 is 2.00 bits per heavy atom. The molecule has 1 aromatic carbocycles. The predicted molar refractivity (Wildman–Crippen MR) is 76.0 cm³/mol. The van der Waals surface area contributed by atoms with E-state index in [1.807, 2.05) is 0 Å². The number of thiophene rings is 1. The zero-order chi connectivity index (χ0) is 13.9. The smallest absolute Gasteiger partial charge is 0.231 e. The van der Waals surface area contributed by atoms with Gasteiger partial charge in [0.2, 0.25) is 6.79 Å². The third-order valence-corrected chi connectivity index (χ3v) is 4.27. The molecule has 0 unspecified atom stereocenters. The fraction of sp³-hybridized carbons (Fsp3) is 0.267. The predicted octanol–water partition coefficient (Wildman–Crippen LogP) is 3.43. The van der Waals surface area contributed by atoms with Crippen molar-refractivity contribution in [3.8, 4) is 17.2 Å². The lowest BCUT2D eigenvalue weighted by Gasteiger charge is -2.08. The molecule has 2 heterocycles. The minimum atomic E-state index is 0.182. The summed E-state index contributed by atoms with van der Waals surface area (Å²) in [5.74, 6) is 1.73. The molecular formula is C15H14O4S. The fourth-order valence-electron chi connectivity index (χ4n) is 1.99. The van der Waals surface area contributed by atoms with Crippen LogP contribution in [-0.2, 0) is 13.0 Å². The number of aldehydes is 1. The minimum Gasteiger partial charge on any atom is -0.487 e. The summed E-state index contributed by atoms with van der Waals surface area (Å²) in [7, 11) is 0. The van der Waals surface area contributed by atoms with Gasteiger partial charge in [-0.2, -0.15) is 0 Å². The number of aryl methyl sites for hydroxylation is 1. The average Bonchev–Trinajstić information content (AvgIpc) is 3.12. The summed E-state index contributed by atoms with van der Waals surface area (Å²) in [6.45, 7) is 2.76. The molecule has 0 saturated heterocycles. The lowest BCUT2D eigenvalue weighted by atomic mass is 10.2. The largest absolute Gasteiger partial charge is 0.487 e.